The van der Waals surface area contributed by atoms with Gasteiger partial charge in [0.15, 0.2) is 0 Å². The lowest BCUT2D eigenvalue weighted by molar-refractivity contribution is 0.579. The summed E-state index contributed by atoms with van der Waals surface area (Å²) >= 11 is 3.46. The molecule has 5 nitrogen and oxygen atoms in total. The highest BCUT2D eigenvalue weighted by atomic mass is 79.9. The molecule has 2 N–H and O–H groups in total. The average Bonchev–Trinajstić information content (AvgIpc) is 3.04. The van der Waals surface area contributed by atoms with Gasteiger partial charge in [-0.2, -0.15) is 5.10 Å². The Morgan fingerprint density at radius 2 is 1.70 bits per heavy atom. The van der Waals surface area contributed by atoms with Gasteiger partial charge >= 0.3 is 0 Å². The molecule has 3 rings (SSSR count). The lowest BCUT2D eigenvalue weighted by Gasteiger charge is -2.08. The van der Waals surface area contributed by atoms with Crippen LogP contribution in [-0.2, 0) is 16.4 Å². The van der Waals surface area contributed by atoms with Crippen LogP contribution in [0.5, 0.6) is 0 Å². The normalized spacial score (nSPS) is 11.9. The highest BCUT2D eigenvalue weighted by Gasteiger charge is 2.14. The third kappa shape index (κ3) is 4.86. The number of hydrogen-bond donors (Lipinski definition) is 1. The van der Waals surface area contributed by atoms with Gasteiger partial charge in [0, 0.05) is 10.0 Å². The second-order valence-electron chi connectivity index (χ2n) is 6.91. The molecular formula is C20H22BrN3O2S. The minimum absolute atomic E-state index is 0.0867. The van der Waals surface area contributed by atoms with Crippen molar-refractivity contribution in [1.82, 2.24) is 9.78 Å². The van der Waals surface area contributed by atoms with Crippen LogP contribution in [0.4, 0.5) is 0 Å². The van der Waals surface area contributed by atoms with Gasteiger partial charge in [0.05, 0.1) is 22.0 Å². The average molecular weight is 448 g/mol. The third-order valence-electron chi connectivity index (χ3n) is 4.29. The van der Waals surface area contributed by atoms with Crippen LogP contribution in [-0.4, -0.2) is 18.2 Å². The summed E-state index contributed by atoms with van der Waals surface area (Å²) < 4.78 is 25.9. The van der Waals surface area contributed by atoms with Crippen molar-refractivity contribution < 1.29 is 8.42 Å². The van der Waals surface area contributed by atoms with E-state index in [4.69, 9.17) is 10.2 Å². The van der Waals surface area contributed by atoms with Crippen LogP contribution in [0, 0.1) is 5.92 Å². The molecule has 27 heavy (non-hydrogen) atoms. The Morgan fingerprint density at radius 1 is 1.07 bits per heavy atom. The SMILES string of the molecule is CC(C)CCc1cc(-c2ccc(Br)cc2)n(-c2ccc(S(N)(=O)=O)cc2)n1. The van der Waals surface area contributed by atoms with Gasteiger partial charge in [0.2, 0.25) is 10.0 Å². The van der Waals surface area contributed by atoms with E-state index in [1.54, 1.807) is 12.1 Å². The molecule has 0 bridgehead atoms. The van der Waals surface area contributed by atoms with Crippen molar-refractivity contribution in [1.29, 1.82) is 0 Å². The fourth-order valence-electron chi connectivity index (χ4n) is 2.79. The number of halogens is 1. The zero-order valence-corrected chi connectivity index (χ0v) is 17.7. The Labute approximate surface area is 168 Å². The Hall–Kier alpha value is -1.96. The van der Waals surface area contributed by atoms with Crippen molar-refractivity contribution in [3.05, 3.63) is 64.8 Å². The molecule has 0 aliphatic heterocycles. The van der Waals surface area contributed by atoms with Gasteiger partial charge in [-0.25, -0.2) is 18.2 Å². The molecular weight excluding hydrogens is 426 g/mol. The molecule has 2 aromatic carbocycles. The molecule has 0 saturated heterocycles. The summed E-state index contributed by atoms with van der Waals surface area (Å²) in [7, 11) is -3.72. The minimum Gasteiger partial charge on any atom is -0.233 e. The molecule has 0 unspecified atom stereocenters. The van der Waals surface area contributed by atoms with Crippen LogP contribution in [0.15, 0.2) is 64.0 Å². The number of aromatic nitrogens is 2. The summed E-state index contributed by atoms with van der Waals surface area (Å²) in [4.78, 5) is 0.0867. The molecule has 0 atom stereocenters. The monoisotopic (exact) mass is 447 g/mol. The summed E-state index contributed by atoms with van der Waals surface area (Å²) in [6.07, 6.45) is 1.95. The van der Waals surface area contributed by atoms with E-state index in [9.17, 15) is 8.42 Å². The Balaban J connectivity index is 2.05. The first-order valence-corrected chi connectivity index (χ1v) is 11.1. The molecule has 1 aromatic heterocycles. The lowest BCUT2D eigenvalue weighted by atomic mass is 10.1. The van der Waals surface area contributed by atoms with E-state index < -0.39 is 10.0 Å². The first-order chi connectivity index (χ1) is 12.7. The predicted octanol–water partition coefficient (Wildman–Crippen LogP) is 4.54. The number of nitrogens with zero attached hydrogens (tertiary/aromatic N) is 2. The van der Waals surface area contributed by atoms with Crippen LogP contribution in [0.3, 0.4) is 0 Å². The number of sulfonamides is 1. The first-order valence-electron chi connectivity index (χ1n) is 8.72. The summed E-state index contributed by atoms with van der Waals surface area (Å²) in [6.45, 7) is 4.39. The van der Waals surface area contributed by atoms with E-state index in [2.05, 4.69) is 35.8 Å². The highest BCUT2D eigenvalue weighted by Crippen LogP contribution is 2.27. The molecule has 3 aromatic rings. The topological polar surface area (TPSA) is 78.0 Å². The number of aryl methyl sites for hydroxylation is 1. The van der Waals surface area contributed by atoms with Gasteiger partial charge < -0.3 is 0 Å². The first kappa shape index (κ1) is 19.8. The van der Waals surface area contributed by atoms with Crippen molar-refractivity contribution >= 4 is 26.0 Å². The number of hydrogen-bond acceptors (Lipinski definition) is 3. The van der Waals surface area contributed by atoms with Gasteiger partial charge in [-0.3, -0.25) is 0 Å². The highest BCUT2D eigenvalue weighted by molar-refractivity contribution is 9.10. The largest absolute Gasteiger partial charge is 0.238 e. The second-order valence-corrected chi connectivity index (χ2v) is 9.39. The Bertz CT molecular complexity index is 1020. The molecule has 0 aliphatic rings. The van der Waals surface area contributed by atoms with Gasteiger partial charge in [0.1, 0.15) is 0 Å². The summed E-state index contributed by atoms with van der Waals surface area (Å²) in [5.41, 5.74) is 3.80. The zero-order valence-electron chi connectivity index (χ0n) is 15.3. The fourth-order valence-corrected chi connectivity index (χ4v) is 3.57. The van der Waals surface area contributed by atoms with E-state index in [1.807, 2.05) is 28.9 Å². The van der Waals surface area contributed by atoms with Gasteiger partial charge in [-0.05, 0) is 61.2 Å². The van der Waals surface area contributed by atoms with Crippen LogP contribution in [0.25, 0.3) is 16.9 Å². The molecule has 7 heteroatoms. The minimum atomic E-state index is -3.72. The second kappa shape index (κ2) is 7.96. The Morgan fingerprint density at radius 3 is 2.26 bits per heavy atom. The zero-order chi connectivity index (χ0) is 19.6. The number of rotatable bonds is 6. The van der Waals surface area contributed by atoms with Crippen molar-refractivity contribution in [2.45, 2.75) is 31.6 Å². The number of benzene rings is 2. The van der Waals surface area contributed by atoms with E-state index >= 15 is 0 Å². The fraction of sp³-hybridized carbons (Fsp3) is 0.250. The number of primary sulfonamides is 1. The predicted molar refractivity (Wildman–Crippen MR) is 111 cm³/mol. The van der Waals surface area contributed by atoms with Crippen molar-refractivity contribution in [2.75, 3.05) is 0 Å². The van der Waals surface area contributed by atoms with Crippen LogP contribution >= 0.6 is 15.9 Å². The standard InChI is InChI=1S/C20H22BrN3O2S/c1-14(2)3-8-17-13-20(15-4-6-16(21)7-5-15)24(23-17)18-9-11-19(12-10-18)27(22,25)26/h4-7,9-14H,3,8H2,1-2H3,(H2,22,25,26). The smallest absolute Gasteiger partial charge is 0.233 e. The van der Waals surface area contributed by atoms with Gasteiger partial charge in [-0.15, -0.1) is 0 Å². The molecule has 0 aliphatic carbocycles. The summed E-state index contributed by atoms with van der Waals surface area (Å²) in [6, 6.07) is 16.6. The lowest BCUT2D eigenvalue weighted by Crippen LogP contribution is -2.12. The number of nitrogens with two attached hydrogens (primary N) is 1. The quantitative estimate of drug-likeness (QED) is 0.602. The molecule has 0 saturated carbocycles. The van der Waals surface area contributed by atoms with Crippen molar-refractivity contribution in [3.8, 4) is 16.9 Å². The summed E-state index contributed by atoms with van der Waals surface area (Å²) in [5.74, 6) is 0.598. The van der Waals surface area contributed by atoms with Crippen molar-refractivity contribution in [3.63, 3.8) is 0 Å². The third-order valence-corrected chi connectivity index (χ3v) is 5.75. The van der Waals surface area contributed by atoms with Gasteiger partial charge in [-0.1, -0.05) is 41.9 Å². The van der Waals surface area contributed by atoms with Crippen LogP contribution in [0.1, 0.15) is 26.0 Å². The maximum absolute atomic E-state index is 11.5. The molecule has 142 valence electrons. The van der Waals surface area contributed by atoms with Crippen LogP contribution in [0.2, 0.25) is 0 Å². The van der Waals surface area contributed by atoms with Gasteiger partial charge in [0.25, 0.3) is 0 Å². The van der Waals surface area contributed by atoms with E-state index in [1.165, 1.54) is 12.1 Å². The molecule has 1 heterocycles. The van der Waals surface area contributed by atoms with Crippen molar-refractivity contribution in [2.24, 2.45) is 11.1 Å². The Kier molecular flexibility index (Phi) is 5.83. The maximum Gasteiger partial charge on any atom is 0.238 e. The molecule has 0 fully saturated rings. The van der Waals surface area contributed by atoms with E-state index in [0.717, 1.165) is 40.0 Å². The molecule has 0 radical (unpaired) electrons. The molecule has 0 spiro atoms. The van der Waals surface area contributed by atoms with E-state index in [-0.39, 0.29) is 4.90 Å². The van der Waals surface area contributed by atoms with Crippen LogP contribution < -0.4 is 5.14 Å². The molecule has 0 amide bonds. The maximum atomic E-state index is 11.5. The van der Waals surface area contributed by atoms with E-state index in [0.29, 0.717) is 5.92 Å². The summed E-state index contributed by atoms with van der Waals surface area (Å²) in [5, 5.41) is 9.97.